The second-order valence-electron chi connectivity index (χ2n) is 12.1. The van der Waals surface area contributed by atoms with Crippen LogP contribution in [-0.2, 0) is 6.11 Å². The Morgan fingerprint density at radius 3 is 1.64 bits per heavy atom. The van der Waals surface area contributed by atoms with E-state index < -0.39 is 58.7 Å². The van der Waals surface area contributed by atoms with Crippen LogP contribution in [0.5, 0.6) is 11.5 Å². The Hall–Kier alpha value is -2.85. The number of rotatable bonds is 11. The Balaban J connectivity index is 1.34. The van der Waals surface area contributed by atoms with E-state index in [2.05, 4.69) is 16.4 Å². The number of ether oxygens (including phenoxy) is 2. The van der Waals surface area contributed by atoms with E-state index >= 15 is 0 Å². The lowest BCUT2D eigenvalue weighted by atomic mass is 9.74. The van der Waals surface area contributed by atoms with Crippen LogP contribution in [0.25, 0.3) is 0 Å². The van der Waals surface area contributed by atoms with Crippen LogP contribution in [0, 0.1) is 41.0 Å². The Bertz CT molecular complexity index is 1230. The highest BCUT2D eigenvalue weighted by Crippen LogP contribution is 2.43. The molecule has 0 heterocycles. The van der Waals surface area contributed by atoms with E-state index in [0.717, 1.165) is 43.2 Å². The third-order valence-electron chi connectivity index (χ3n) is 8.98. The summed E-state index contributed by atoms with van der Waals surface area (Å²) in [6.45, 7) is 2.23. The van der Waals surface area contributed by atoms with Crippen molar-refractivity contribution < 1.29 is 49.0 Å². The normalized spacial score (nSPS) is 23.2. The van der Waals surface area contributed by atoms with Gasteiger partial charge < -0.3 is 9.47 Å². The molecule has 0 aliphatic heterocycles. The smallest absolute Gasteiger partial charge is 0.432 e. The highest BCUT2D eigenvalue weighted by molar-refractivity contribution is 5.37. The second kappa shape index (κ2) is 14.5. The van der Waals surface area contributed by atoms with Crippen molar-refractivity contribution in [3.8, 4) is 11.5 Å². The Morgan fingerprint density at radius 2 is 1.16 bits per heavy atom. The van der Waals surface area contributed by atoms with Crippen LogP contribution in [-0.4, -0.2) is 6.18 Å². The zero-order chi connectivity index (χ0) is 32.1. The first-order chi connectivity index (χ1) is 20.8. The first-order valence-corrected chi connectivity index (χ1v) is 15.2. The molecule has 0 amide bonds. The van der Waals surface area contributed by atoms with Gasteiger partial charge in [-0.25, -0.2) is 17.6 Å². The van der Waals surface area contributed by atoms with Gasteiger partial charge in [-0.15, -0.1) is 0 Å². The van der Waals surface area contributed by atoms with Crippen molar-refractivity contribution in [1.82, 2.24) is 0 Å². The van der Waals surface area contributed by atoms with E-state index in [9.17, 15) is 39.5 Å². The van der Waals surface area contributed by atoms with E-state index in [1.165, 1.54) is 44.9 Å². The van der Waals surface area contributed by atoms with E-state index in [-0.39, 0.29) is 29.9 Å². The number of allylic oxidation sites excluding steroid dienone is 1. The summed E-state index contributed by atoms with van der Waals surface area (Å²) in [5, 5.41) is 0. The molecule has 2 aliphatic carbocycles. The molecule has 0 N–H and O–H groups in total. The summed E-state index contributed by atoms with van der Waals surface area (Å²) >= 11 is 0. The van der Waals surface area contributed by atoms with E-state index in [0.29, 0.717) is 18.8 Å². The molecule has 0 bridgehead atoms. The van der Waals surface area contributed by atoms with Crippen molar-refractivity contribution >= 4 is 0 Å². The van der Waals surface area contributed by atoms with Gasteiger partial charge in [0.25, 0.3) is 0 Å². The molecule has 244 valence electrons. The van der Waals surface area contributed by atoms with Crippen molar-refractivity contribution in [2.75, 3.05) is 0 Å². The van der Waals surface area contributed by atoms with Crippen LogP contribution in [0.3, 0.4) is 0 Å². The second-order valence-corrected chi connectivity index (χ2v) is 12.1. The molecule has 2 aliphatic rings. The molecule has 2 fully saturated rings. The fraction of sp³-hybridized carbons (Fsp3) is 0.576. The van der Waals surface area contributed by atoms with Gasteiger partial charge in [-0.1, -0.05) is 58.3 Å². The number of halogens is 9. The Kier molecular flexibility index (Phi) is 11.2. The molecule has 2 nitrogen and oxygen atoms in total. The number of hydrogen-bond donors (Lipinski definition) is 0. The SMILES string of the molecule is CCCC1CCC(CCC2CCC(c3cc(F)c(C(F)(F)Oc4cc(F)c(O/C=C/C(F)(F)F)c(F)c4)c(F)c3)CC2)CC1. The lowest BCUT2D eigenvalue weighted by Crippen LogP contribution is -2.26. The summed E-state index contributed by atoms with van der Waals surface area (Å²) < 4.78 is 133. The van der Waals surface area contributed by atoms with E-state index in [4.69, 9.17) is 0 Å². The predicted molar refractivity (Wildman–Crippen MR) is 147 cm³/mol. The van der Waals surface area contributed by atoms with Gasteiger partial charge in [-0.05, 0) is 67.1 Å². The topological polar surface area (TPSA) is 18.5 Å². The van der Waals surface area contributed by atoms with Gasteiger partial charge >= 0.3 is 12.3 Å². The van der Waals surface area contributed by atoms with Crippen molar-refractivity contribution in [3.05, 3.63) is 71.0 Å². The lowest BCUT2D eigenvalue weighted by Gasteiger charge is -2.32. The third-order valence-corrected chi connectivity index (χ3v) is 8.98. The first-order valence-electron chi connectivity index (χ1n) is 15.2. The van der Waals surface area contributed by atoms with Gasteiger partial charge in [0.05, 0.1) is 12.3 Å². The van der Waals surface area contributed by atoms with Crippen LogP contribution in [0.1, 0.15) is 101 Å². The summed E-state index contributed by atoms with van der Waals surface area (Å²) in [7, 11) is 0. The van der Waals surface area contributed by atoms with Crippen LogP contribution >= 0.6 is 0 Å². The summed E-state index contributed by atoms with van der Waals surface area (Å²) in [6.07, 6.45) is 3.24. The average molecular weight is 637 g/mol. The summed E-state index contributed by atoms with van der Waals surface area (Å²) in [4.78, 5) is 0. The summed E-state index contributed by atoms with van der Waals surface area (Å²) in [6, 6.07) is 2.10. The molecule has 44 heavy (non-hydrogen) atoms. The minimum Gasteiger partial charge on any atom is -0.459 e. The summed E-state index contributed by atoms with van der Waals surface area (Å²) in [5.74, 6) is -6.98. The molecule has 0 unspecified atom stereocenters. The summed E-state index contributed by atoms with van der Waals surface area (Å²) in [5.41, 5.74) is -1.46. The zero-order valence-electron chi connectivity index (χ0n) is 24.5. The minimum absolute atomic E-state index is 0.0326. The maximum atomic E-state index is 14.9. The molecule has 0 saturated heterocycles. The van der Waals surface area contributed by atoms with Crippen molar-refractivity contribution in [2.45, 2.75) is 102 Å². The molecular formula is C33H37F9O2. The number of benzene rings is 2. The third kappa shape index (κ3) is 9.10. The van der Waals surface area contributed by atoms with E-state index in [1.807, 2.05) is 0 Å². The van der Waals surface area contributed by atoms with Gasteiger partial charge in [0, 0.05) is 12.1 Å². The number of alkyl halides is 5. The molecule has 0 radical (unpaired) electrons. The quantitative estimate of drug-likeness (QED) is 0.181. The molecule has 0 atom stereocenters. The van der Waals surface area contributed by atoms with Crippen molar-refractivity contribution in [1.29, 1.82) is 0 Å². The molecule has 11 heteroatoms. The van der Waals surface area contributed by atoms with Crippen molar-refractivity contribution in [3.63, 3.8) is 0 Å². The molecule has 4 rings (SSSR count). The van der Waals surface area contributed by atoms with Gasteiger partial charge in [-0.2, -0.15) is 22.0 Å². The maximum Gasteiger partial charge on any atom is 0.432 e. The fourth-order valence-electron chi connectivity index (χ4n) is 6.67. The van der Waals surface area contributed by atoms with Gasteiger partial charge in [-0.3, -0.25) is 0 Å². The lowest BCUT2D eigenvalue weighted by molar-refractivity contribution is -0.189. The van der Waals surface area contributed by atoms with Gasteiger partial charge in [0.2, 0.25) is 0 Å². The Morgan fingerprint density at radius 1 is 0.682 bits per heavy atom. The first kappa shape index (κ1) is 34.0. The minimum atomic E-state index is -4.83. The highest BCUT2D eigenvalue weighted by Gasteiger charge is 2.42. The standard InChI is InChI=1S/C33H37F9O2/c1-2-3-20-4-6-21(7-5-20)8-9-22-10-12-23(13-11-22)24-16-26(34)30(27(35)17-24)33(41,42)44-25-18-28(36)31(29(37)19-25)43-15-14-32(38,39)40/h14-23H,2-13H2,1H3/b15-14+. The Labute approximate surface area is 251 Å². The maximum absolute atomic E-state index is 14.9. The monoisotopic (exact) mass is 636 g/mol. The fourth-order valence-corrected chi connectivity index (χ4v) is 6.67. The van der Waals surface area contributed by atoms with E-state index in [1.54, 1.807) is 0 Å². The predicted octanol–water partition coefficient (Wildman–Crippen LogP) is 11.5. The number of hydrogen-bond acceptors (Lipinski definition) is 2. The van der Waals surface area contributed by atoms with Crippen LogP contribution < -0.4 is 9.47 Å². The highest BCUT2D eigenvalue weighted by atomic mass is 19.4. The van der Waals surface area contributed by atoms with Crippen LogP contribution in [0.2, 0.25) is 0 Å². The average Bonchev–Trinajstić information content (AvgIpc) is 2.93. The molecule has 0 spiro atoms. The molecular weight excluding hydrogens is 599 g/mol. The van der Waals surface area contributed by atoms with Gasteiger partial charge in [0.15, 0.2) is 17.4 Å². The van der Waals surface area contributed by atoms with Crippen LogP contribution in [0.15, 0.2) is 36.6 Å². The van der Waals surface area contributed by atoms with Crippen molar-refractivity contribution in [2.24, 2.45) is 17.8 Å². The molecule has 0 aromatic heterocycles. The van der Waals surface area contributed by atoms with Gasteiger partial charge in [0.1, 0.15) is 22.9 Å². The largest absolute Gasteiger partial charge is 0.459 e. The van der Waals surface area contributed by atoms with Crippen LogP contribution in [0.4, 0.5) is 39.5 Å². The zero-order valence-corrected chi connectivity index (χ0v) is 24.5. The molecule has 2 aromatic rings. The molecule has 2 saturated carbocycles. The molecule has 2 aromatic carbocycles.